The van der Waals surface area contributed by atoms with Crippen LogP contribution < -0.4 is 5.73 Å². The van der Waals surface area contributed by atoms with E-state index in [1.54, 1.807) is 0 Å². The third-order valence-electron chi connectivity index (χ3n) is 3.80. The van der Waals surface area contributed by atoms with E-state index >= 15 is 0 Å². The Labute approximate surface area is 112 Å². The number of rotatable bonds is 2. The summed E-state index contributed by atoms with van der Waals surface area (Å²) in [6.07, 6.45) is 3.98. The molecule has 1 saturated heterocycles. The summed E-state index contributed by atoms with van der Waals surface area (Å²) in [4.78, 5) is 2.59. The van der Waals surface area contributed by atoms with Gasteiger partial charge in [0.15, 0.2) is 0 Å². The Morgan fingerprint density at radius 2 is 1.94 bits per heavy atom. The van der Waals surface area contributed by atoms with Crippen molar-refractivity contribution in [1.82, 2.24) is 4.90 Å². The van der Waals surface area contributed by atoms with Gasteiger partial charge in [-0.3, -0.25) is 4.90 Å². The quantitative estimate of drug-likeness (QED) is 0.841. The molecule has 3 heteroatoms. The minimum Gasteiger partial charge on any atom is -0.399 e. The molecule has 1 aromatic carbocycles. The maximum Gasteiger partial charge on any atom is 0.0318 e. The normalized spacial score (nSPS) is 26.1. The summed E-state index contributed by atoms with van der Waals surface area (Å²) in [6.45, 7) is 5.65. The Morgan fingerprint density at radius 3 is 2.59 bits per heavy atom. The van der Waals surface area contributed by atoms with Crippen molar-refractivity contribution < 1.29 is 0 Å². The van der Waals surface area contributed by atoms with E-state index in [4.69, 9.17) is 5.73 Å². The van der Waals surface area contributed by atoms with E-state index in [0.717, 1.165) is 16.7 Å². The summed E-state index contributed by atoms with van der Waals surface area (Å²) in [5, 5.41) is 0. The lowest BCUT2D eigenvalue weighted by Crippen LogP contribution is -2.43. The van der Waals surface area contributed by atoms with Crippen molar-refractivity contribution in [2.24, 2.45) is 0 Å². The van der Waals surface area contributed by atoms with E-state index in [1.807, 2.05) is 12.1 Å². The first-order valence-corrected chi connectivity index (χ1v) is 7.17. The lowest BCUT2D eigenvalue weighted by Gasteiger charge is -2.39. The molecule has 0 aromatic heterocycles. The maximum atomic E-state index is 5.86. The molecule has 1 aliphatic heterocycles. The van der Waals surface area contributed by atoms with E-state index in [2.05, 4.69) is 40.7 Å². The number of likely N-dealkylation sites (tertiary alicyclic amines) is 1. The Morgan fingerprint density at radius 1 is 1.29 bits per heavy atom. The van der Waals surface area contributed by atoms with Crippen molar-refractivity contribution in [1.29, 1.82) is 0 Å². The number of nitrogens with zero attached hydrogens (tertiary/aromatic N) is 1. The molecule has 2 rings (SSSR count). The first-order valence-electron chi connectivity index (χ1n) is 6.37. The van der Waals surface area contributed by atoms with Gasteiger partial charge in [0.2, 0.25) is 0 Å². The number of piperidine rings is 1. The largest absolute Gasteiger partial charge is 0.399 e. The smallest absolute Gasteiger partial charge is 0.0318 e. The third-order valence-corrected chi connectivity index (χ3v) is 4.57. The van der Waals surface area contributed by atoms with Gasteiger partial charge in [0.1, 0.15) is 0 Å². The minimum atomic E-state index is 0.673. The van der Waals surface area contributed by atoms with E-state index < -0.39 is 0 Å². The molecule has 17 heavy (non-hydrogen) atoms. The zero-order valence-electron chi connectivity index (χ0n) is 10.6. The van der Waals surface area contributed by atoms with E-state index in [0.29, 0.717) is 12.1 Å². The van der Waals surface area contributed by atoms with E-state index in [1.165, 1.54) is 24.8 Å². The van der Waals surface area contributed by atoms with Crippen molar-refractivity contribution in [2.45, 2.75) is 51.7 Å². The van der Waals surface area contributed by atoms with Gasteiger partial charge in [0.25, 0.3) is 0 Å². The van der Waals surface area contributed by atoms with Crippen LogP contribution in [0.3, 0.4) is 0 Å². The molecule has 0 radical (unpaired) electrons. The highest BCUT2D eigenvalue weighted by atomic mass is 79.9. The number of benzene rings is 1. The van der Waals surface area contributed by atoms with Gasteiger partial charge in [-0.1, -0.05) is 22.4 Å². The SMILES string of the molecule is C[C@@H]1CCC[C@H](C)N1Cc1cc(N)ccc1Br. The zero-order valence-corrected chi connectivity index (χ0v) is 12.2. The van der Waals surface area contributed by atoms with Crippen LogP contribution >= 0.6 is 15.9 Å². The maximum absolute atomic E-state index is 5.86. The van der Waals surface area contributed by atoms with Gasteiger partial charge in [-0.25, -0.2) is 0 Å². The molecule has 2 atom stereocenters. The molecule has 0 unspecified atom stereocenters. The third kappa shape index (κ3) is 3.02. The number of hydrogen-bond acceptors (Lipinski definition) is 2. The van der Waals surface area contributed by atoms with Crippen LogP contribution in [-0.4, -0.2) is 17.0 Å². The van der Waals surface area contributed by atoms with Gasteiger partial charge in [-0.2, -0.15) is 0 Å². The van der Waals surface area contributed by atoms with Crippen LogP contribution in [0.25, 0.3) is 0 Å². The van der Waals surface area contributed by atoms with Crippen LogP contribution in [0.4, 0.5) is 5.69 Å². The van der Waals surface area contributed by atoms with Crippen LogP contribution in [0, 0.1) is 0 Å². The summed E-state index contributed by atoms with van der Waals surface area (Å²) in [5.41, 5.74) is 8.01. The van der Waals surface area contributed by atoms with E-state index in [-0.39, 0.29) is 0 Å². The van der Waals surface area contributed by atoms with Crippen molar-refractivity contribution in [3.05, 3.63) is 28.2 Å². The first-order chi connectivity index (χ1) is 8.08. The molecule has 94 valence electrons. The fraction of sp³-hybridized carbons (Fsp3) is 0.571. The van der Waals surface area contributed by atoms with E-state index in [9.17, 15) is 0 Å². The van der Waals surface area contributed by atoms with Crippen LogP contribution in [0.2, 0.25) is 0 Å². The van der Waals surface area contributed by atoms with Crippen molar-refractivity contribution >= 4 is 21.6 Å². The predicted octanol–water partition coefficient (Wildman–Crippen LogP) is 3.79. The van der Waals surface area contributed by atoms with Gasteiger partial charge in [0, 0.05) is 28.8 Å². The summed E-state index contributed by atoms with van der Waals surface area (Å²) in [7, 11) is 0. The number of anilines is 1. The molecule has 0 amide bonds. The standard InChI is InChI=1S/C14H21BrN2/c1-10-4-3-5-11(2)17(10)9-12-8-13(16)6-7-14(12)15/h6-8,10-11H,3-5,9,16H2,1-2H3/t10-,11+. The van der Waals surface area contributed by atoms with Gasteiger partial charge < -0.3 is 5.73 Å². The molecule has 1 aromatic rings. The fourth-order valence-electron chi connectivity index (χ4n) is 2.70. The van der Waals surface area contributed by atoms with Gasteiger partial charge in [-0.15, -0.1) is 0 Å². The number of nitrogen functional groups attached to an aromatic ring is 1. The first kappa shape index (κ1) is 12.9. The number of hydrogen-bond donors (Lipinski definition) is 1. The van der Waals surface area contributed by atoms with Gasteiger partial charge >= 0.3 is 0 Å². The topological polar surface area (TPSA) is 29.3 Å². The van der Waals surface area contributed by atoms with Crippen LogP contribution in [0.5, 0.6) is 0 Å². The Kier molecular flexibility index (Phi) is 4.10. The Balaban J connectivity index is 2.16. The highest BCUT2D eigenvalue weighted by Crippen LogP contribution is 2.28. The van der Waals surface area contributed by atoms with Crippen molar-refractivity contribution in [2.75, 3.05) is 5.73 Å². The summed E-state index contributed by atoms with van der Waals surface area (Å²) >= 11 is 3.61. The second-order valence-corrected chi connectivity index (χ2v) is 6.01. The summed E-state index contributed by atoms with van der Waals surface area (Å²) < 4.78 is 1.16. The van der Waals surface area contributed by atoms with Crippen molar-refractivity contribution in [3.8, 4) is 0 Å². The molecule has 1 aliphatic rings. The Bertz CT molecular complexity index is 382. The average molecular weight is 297 g/mol. The van der Waals surface area contributed by atoms with Gasteiger partial charge in [0.05, 0.1) is 0 Å². The molecular formula is C14H21BrN2. The predicted molar refractivity (Wildman–Crippen MR) is 76.9 cm³/mol. The average Bonchev–Trinajstić information content (AvgIpc) is 2.28. The molecule has 0 saturated carbocycles. The van der Waals surface area contributed by atoms with Crippen molar-refractivity contribution in [3.63, 3.8) is 0 Å². The summed E-state index contributed by atoms with van der Waals surface area (Å²) in [6, 6.07) is 7.41. The molecule has 0 spiro atoms. The highest BCUT2D eigenvalue weighted by Gasteiger charge is 2.24. The number of nitrogens with two attached hydrogens (primary N) is 1. The Hall–Kier alpha value is -0.540. The van der Waals surface area contributed by atoms with Crippen LogP contribution in [-0.2, 0) is 6.54 Å². The second kappa shape index (κ2) is 5.40. The minimum absolute atomic E-state index is 0.673. The molecule has 1 fully saturated rings. The van der Waals surface area contributed by atoms with Gasteiger partial charge in [-0.05, 0) is 50.5 Å². The molecule has 0 aliphatic carbocycles. The lowest BCUT2D eigenvalue weighted by atomic mass is 9.96. The molecule has 2 N–H and O–H groups in total. The summed E-state index contributed by atoms with van der Waals surface area (Å²) in [5.74, 6) is 0. The monoisotopic (exact) mass is 296 g/mol. The zero-order chi connectivity index (χ0) is 12.4. The van der Waals surface area contributed by atoms with Crippen LogP contribution in [0.15, 0.2) is 22.7 Å². The molecule has 1 heterocycles. The fourth-order valence-corrected chi connectivity index (χ4v) is 3.07. The van der Waals surface area contributed by atoms with Crippen LogP contribution in [0.1, 0.15) is 38.7 Å². The molecule has 2 nitrogen and oxygen atoms in total. The highest BCUT2D eigenvalue weighted by molar-refractivity contribution is 9.10. The lowest BCUT2D eigenvalue weighted by molar-refractivity contribution is 0.0951. The number of halogens is 1. The second-order valence-electron chi connectivity index (χ2n) is 5.15. The molecule has 0 bridgehead atoms. The molecular weight excluding hydrogens is 276 g/mol.